The molecule has 0 aliphatic carbocycles. The molecule has 0 bridgehead atoms. The Hall–Kier alpha value is -0.490. The minimum atomic E-state index is 0. The summed E-state index contributed by atoms with van der Waals surface area (Å²) in [5.41, 5.74) is 1.26. The molecular formula is C17H28BrClN2O2. The molecule has 1 aliphatic rings. The molecule has 2 rings (SSSR count). The van der Waals surface area contributed by atoms with Crippen LogP contribution in [0.15, 0.2) is 16.6 Å². The molecule has 0 amide bonds. The molecule has 4 nitrogen and oxygen atoms in total. The maximum absolute atomic E-state index is 5.41. The monoisotopic (exact) mass is 406 g/mol. The predicted molar refractivity (Wildman–Crippen MR) is 101 cm³/mol. The fourth-order valence-electron chi connectivity index (χ4n) is 3.04. The second kappa shape index (κ2) is 10.4. The number of halogens is 2. The lowest BCUT2D eigenvalue weighted by atomic mass is 9.93. The van der Waals surface area contributed by atoms with E-state index >= 15 is 0 Å². The van der Waals surface area contributed by atoms with Crippen LogP contribution >= 0.6 is 28.3 Å². The maximum atomic E-state index is 5.41. The van der Waals surface area contributed by atoms with Gasteiger partial charge in [-0.25, -0.2) is 0 Å². The molecule has 0 unspecified atom stereocenters. The molecule has 0 radical (unpaired) electrons. The van der Waals surface area contributed by atoms with Crippen molar-refractivity contribution in [1.82, 2.24) is 10.2 Å². The Labute approximate surface area is 154 Å². The van der Waals surface area contributed by atoms with Gasteiger partial charge < -0.3 is 14.8 Å². The Balaban J connectivity index is 0.00000264. The zero-order valence-corrected chi connectivity index (χ0v) is 16.6. The molecule has 132 valence electrons. The number of nitrogens with zero attached hydrogens (tertiary/aromatic N) is 1. The van der Waals surface area contributed by atoms with Crippen molar-refractivity contribution in [2.45, 2.75) is 25.8 Å². The van der Waals surface area contributed by atoms with Gasteiger partial charge in [-0.2, -0.15) is 0 Å². The van der Waals surface area contributed by atoms with Crippen LogP contribution in [0.1, 0.15) is 24.8 Å². The van der Waals surface area contributed by atoms with Crippen LogP contribution in [-0.4, -0.2) is 45.8 Å². The molecule has 1 aromatic rings. The normalized spacial score (nSPS) is 16.0. The molecule has 1 heterocycles. The summed E-state index contributed by atoms with van der Waals surface area (Å²) < 4.78 is 11.8. The largest absolute Gasteiger partial charge is 0.493 e. The third-order valence-electron chi connectivity index (χ3n) is 4.46. The Morgan fingerprint density at radius 3 is 2.35 bits per heavy atom. The van der Waals surface area contributed by atoms with Gasteiger partial charge in [0.25, 0.3) is 0 Å². The quantitative estimate of drug-likeness (QED) is 0.747. The van der Waals surface area contributed by atoms with Gasteiger partial charge in [0.2, 0.25) is 0 Å². The van der Waals surface area contributed by atoms with E-state index in [0.29, 0.717) is 0 Å². The first kappa shape index (κ1) is 20.6. The van der Waals surface area contributed by atoms with Gasteiger partial charge in [-0.3, -0.25) is 4.90 Å². The van der Waals surface area contributed by atoms with Crippen LogP contribution in [0.5, 0.6) is 11.5 Å². The standard InChI is InChI=1S/C17H27BrN2O2.ClH/c1-19-7-4-13-5-8-20(9-6-13)12-14-10-16(21-2)17(22-3)11-15(14)18;/h10-11,13,19H,4-9,12H2,1-3H3;1H. The molecular weight excluding hydrogens is 380 g/mol. The zero-order chi connectivity index (χ0) is 15.9. The second-order valence-electron chi connectivity index (χ2n) is 5.91. The first-order chi connectivity index (χ1) is 10.7. The van der Waals surface area contributed by atoms with Crippen LogP contribution in [0, 0.1) is 5.92 Å². The van der Waals surface area contributed by atoms with Crippen LogP contribution in [0.4, 0.5) is 0 Å². The molecule has 23 heavy (non-hydrogen) atoms. The molecule has 0 spiro atoms. The topological polar surface area (TPSA) is 33.7 Å². The van der Waals surface area contributed by atoms with Crippen molar-refractivity contribution >= 4 is 28.3 Å². The molecule has 0 aromatic heterocycles. The van der Waals surface area contributed by atoms with E-state index in [4.69, 9.17) is 9.47 Å². The van der Waals surface area contributed by atoms with Crippen LogP contribution < -0.4 is 14.8 Å². The molecule has 6 heteroatoms. The number of hydrogen-bond donors (Lipinski definition) is 1. The van der Waals surface area contributed by atoms with E-state index in [1.54, 1.807) is 14.2 Å². The molecule has 1 aromatic carbocycles. The summed E-state index contributed by atoms with van der Waals surface area (Å²) in [5.74, 6) is 2.44. The van der Waals surface area contributed by atoms with Gasteiger partial charge in [-0.15, -0.1) is 12.4 Å². The predicted octanol–water partition coefficient (Wildman–Crippen LogP) is 3.71. The average molecular weight is 408 g/mol. The van der Waals surface area contributed by atoms with Gasteiger partial charge in [-0.1, -0.05) is 15.9 Å². The Kier molecular flexibility index (Phi) is 9.29. The first-order valence-corrected chi connectivity index (χ1v) is 8.74. The van der Waals surface area contributed by atoms with Gasteiger partial charge in [-0.05, 0) is 69.6 Å². The summed E-state index contributed by atoms with van der Waals surface area (Å²) in [6.07, 6.45) is 3.89. The highest BCUT2D eigenvalue weighted by Gasteiger charge is 2.20. The Bertz CT molecular complexity index is 480. The lowest BCUT2D eigenvalue weighted by Crippen LogP contribution is -2.34. The van der Waals surface area contributed by atoms with E-state index < -0.39 is 0 Å². The van der Waals surface area contributed by atoms with E-state index in [9.17, 15) is 0 Å². The van der Waals surface area contributed by atoms with Gasteiger partial charge in [0.15, 0.2) is 11.5 Å². The van der Waals surface area contributed by atoms with Crippen molar-refractivity contribution in [3.05, 3.63) is 22.2 Å². The third-order valence-corrected chi connectivity index (χ3v) is 5.19. The van der Waals surface area contributed by atoms with Crippen molar-refractivity contribution in [2.24, 2.45) is 5.92 Å². The van der Waals surface area contributed by atoms with Crippen LogP contribution in [0.3, 0.4) is 0 Å². The highest BCUT2D eigenvalue weighted by molar-refractivity contribution is 9.10. The molecule has 0 saturated carbocycles. The maximum Gasteiger partial charge on any atom is 0.161 e. The number of piperidine rings is 1. The van der Waals surface area contributed by atoms with E-state index in [1.165, 1.54) is 37.9 Å². The van der Waals surface area contributed by atoms with E-state index in [2.05, 4.69) is 32.2 Å². The van der Waals surface area contributed by atoms with Crippen LogP contribution in [0.2, 0.25) is 0 Å². The summed E-state index contributed by atoms with van der Waals surface area (Å²) in [6, 6.07) is 4.07. The summed E-state index contributed by atoms with van der Waals surface area (Å²) in [6.45, 7) is 4.44. The number of hydrogen-bond acceptors (Lipinski definition) is 4. The molecule has 1 saturated heterocycles. The number of rotatable bonds is 7. The zero-order valence-electron chi connectivity index (χ0n) is 14.2. The first-order valence-electron chi connectivity index (χ1n) is 7.95. The van der Waals surface area contributed by atoms with E-state index in [1.807, 2.05) is 13.1 Å². The highest BCUT2D eigenvalue weighted by Crippen LogP contribution is 2.34. The van der Waals surface area contributed by atoms with Gasteiger partial charge in [0.05, 0.1) is 14.2 Å². The number of methoxy groups -OCH3 is 2. The number of nitrogens with one attached hydrogen (secondary N) is 1. The van der Waals surface area contributed by atoms with Crippen LogP contribution in [-0.2, 0) is 6.54 Å². The van der Waals surface area contributed by atoms with Gasteiger partial charge >= 0.3 is 0 Å². The minimum Gasteiger partial charge on any atom is -0.493 e. The summed E-state index contributed by atoms with van der Waals surface area (Å²) in [4.78, 5) is 2.53. The Morgan fingerprint density at radius 1 is 1.17 bits per heavy atom. The van der Waals surface area contributed by atoms with Crippen molar-refractivity contribution in [3.8, 4) is 11.5 Å². The van der Waals surface area contributed by atoms with Crippen LogP contribution in [0.25, 0.3) is 0 Å². The molecule has 0 atom stereocenters. The summed E-state index contributed by atoms with van der Waals surface area (Å²) in [7, 11) is 5.38. The SMILES string of the molecule is CNCCC1CCN(Cc2cc(OC)c(OC)cc2Br)CC1.Cl. The fourth-order valence-corrected chi connectivity index (χ4v) is 3.49. The Morgan fingerprint density at radius 2 is 1.78 bits per heavy atom. The number of likely N-dealkylation sites (tertiary alicyclic amines) is 1. The summed E-state index contributed by atoms with van der Waals surface area (Å²) in [5, 5.41) is 3.25. The van der Waals surface area contributed by atoms with Gasteiger partial charge in [0.1, 0.15) is 0 Å². The lowest BCUT2D eigenvalue weighted by Gasteiger charge is -2.32. The fraction of sp³-hybridized carbons (Fsp3) is 0.647. The molecule has 1 N–H and O–H groups in total. The lowest BCUT2D eigenvalue weighted by molar-refractivity contribution is 0.172. The van der Waals surface area contributed by atoms with Crippen molar-refractivity contribution in [2.75, 3.05) is 40.9 Å². The van der Waals surface area contributed by atoms with E-state index in [0.717, 1.165) is 35.0 Å². The number of benzene rings is 1. The highest BCUT2D eigenvalue weighted by atomic mass is 79.9. The second-order valence-corrected chi connectivity index (χ2v) is 6.76. The van der Waals surface area contributed by atoms with Crippen molar-refractivity contribution in [1.29, 1.82) is 0 Å². The molecule has 1 aliphatic heterocycles. The van der Waals surface area contributed by atoms with Gasteiger partial charge in [0, 0.05) is 11.0 Å². The van der Waals surface area contributed by atoms with Crippen molar-refractivity contribution in [3.63, 3.8) is 0 Å². The summed E-state index contributed by atoms with van der Waals surface area (Å²) >= 11 is 3.65. The minimum absolute atomic E-state index is 0. The van der Waals surface area contributed by atoms with E-state index in [-0.39, 0.29) is 12.4 Å². The third kappa shape index (κ3) is 5.82. The number of ether oxygens (including phenoxy) is 2. The van der Waals surface area contributed by atoms with Crippen molar-refractivity contribution < 1.29 is 9.47 Å². The molecule has 1 fully saturated rings. The average Bonchev–Trinajstić information content (AvgIpc) is 2.55. The smallest absolute Gasteiger partial charge is 0.161 e.